The summed E-state index contributed by atoms with van der Waals surface area (Å²) in [4.78, 5) is 12.7. The Kier molecular flexibility index (Phi) is 6.07. The van der Waals surface area contributed by atoms with Crippen LogP contribution in [0.2, 0.25) is 0 Å². The van der Waals surface area contributed by atoms with Crippen molar-refractivity contribution in [3.63, 3.8) is 0 Å². The largest absolute Gasteiger partial charge is 0.325 e. The van der Waals surface area contributed by atoms with Gasteiger partial charge in [-0.25, -0.2) is 0 Å². The monoisotopic (exact) mass is 409 g/mol. The van der Waals surface area contributed by atoms with Crippen LogP contribution in [0.25, 0.3) is 5.69 Å². The van der Waals surface area contributed by atoms with Crippen LogP contribution in [0.5, 0.6) is 0 Å². The first kappa shape index (κ1) is 21.0. The number of nitrogens with one attached hydrogen (secondary N) is 1. The number of rotatable bonds is 5. The molecule has 3 rings (SSSR count). The summed E-state index contributed by atoms with van der Waals surface area (Å²) in [5.41, 5.74) is 5.20. The lowest BCUT2D eigenvalue weighted by atomic mass is 9.87. The van der Waals surface area contributed by atoms with Crippen molar-refractivity contribution in [2.75, 3.05) is 5.32 Å². The number of amides is 1. The molecule has 1 aromatic heterocycles. The number of nitrogens with zero attached hydrogens (tertiary/aromatic N) is 4. The molecule has 7 heteroatoms. The van der Waals surface area contributed by atoms with E-state index in [1.54, 1.807) is 4.68 Å². The Morgan fingerprint density at radius 3 is 2.28 bits per heavy atom. The molecule has 0 aliphatic heterocycles. The predicted molar refractivity (Wildman–Crippen MR) is 118 cm³/mol. The molecular weight excluding hydrogens is 382 g/mol. The molecule has 6 nitrogen and oxygen atoms in total. The van der Waals surface area contributed by atoms with Gasteiger partial charge in [0.05, 0.1) is 10.9 Å². The number of carbonyl (C=O) groups is 1. The van der Waals surface area contributed by atoms with Crippen LogP contribution >= 0.6 is 11.8 Å². The zero-order chi connectivity index (χ0) is 21.2. The Labute approximate surface area is 176 Å². The van der Waals surface area contributed by atoms with E-state index in [-0.39, 0.29) is 16.6 Å². The van der Waals surface area contributed by atoms with Crippen molar-refractivity contribution in [1.29, 1.82) is 0 Å². The molecule has 0 spiro atoms. The molecule has 1 heterocycles. The summed E-state index contributed by atoms with van der Waals surface area (Å²) in [6.07, 6.45) is 0. The topological polar surface area (TPSA) is 72.7 Å². The number of benzene rings is 2. The molecule has 29 heavy (non-hydrogen) atoms. The van der Waals surface area contributed by atoms with E-state index >= 15 is 0 Å². The first-order chi connectivity index (χ1) is 13.7. The SMILES string of the molecule is Cc1cccc(C)c1-n1nnnc1SC(C)C(=O)Nc1ccc(C(C)(C)C)cc1. The third kappa shape index (κ3) is 4.85. The third-order valence-electron chi connectivity index (χ3n) is 4.76. The van der Waals surface area contributed by atoms with Crippen LogP contribution in [0, 0.1) is 13.8 Å². The van der Waals surface area contributed by atoms with Gasteiger partial charge in [-0.1, -0.05) is 62.9 Å². The number of hydrogen-bond acceptors (Lipinski definition) is 5. The van der Waals surface area contributed by atoms with Crippen LogP contribution in [0.15, 0.2) is 47.6 Å². The van der Waals surface area contributed by atoms with Crippen molar-refractivity contribution < 1.29 is 4.79 Å². The average molecular weight is 410 g/mol. The standard InChI is InChI=1S/C22H27N5OS/c1-14-8-7-9-15(2)19(14)27-21(24-25-26-27)29-16(3)20(28)23-18-12-10-17(11-13-18)22(4,5)6/h7-13,16H,1-6H3,(H,23,28). The number of tetrazole rings is 1. The van der Waals surface area contributed by atoms with Gasteiger partial charge in [0.2, 0.25) is 11.1 Å². The number of anilines is 1. The van der Waals surface area contributed by atoms with Gasteiger partial charge in [0.15, 0.2) is 0 Å². The first-order valence-corrected chi connectivity index (χ1v) is 10.5. The molecule has 1 amide bonds. The summed E-state index contributed by atoms with van der Waals surface area (Å²) in [5.74, 6) is -0.0884. The van der Waals surface area contributed by atoms with Gasteiger partial charge in [0, 0.05) is 5.69 Å². The molecule has 1 atom stereocenters. The average Bonchev–Trinajstić information content (AvgIpc) is 3.09. The van der Waals surface area contributed by atoms with Gasteiger partial charge in [-0.3, -0.25) is 4.79 Å². The third-order valence-corrected chi connectivity index (χ3v) is 5.80. The normalized spacial score (nSPS) is 12.6. The molecule has 0 saturated heterocycles. The van der Waals surface area contributed by atoms with Crippen LogP contribution in [0.3, 0.4) is 0 Å². The van der Waals surface area contributed by atoms with Crippen LogP contribution in [0.4, 0.5) is 5.69 Å². The maximum Gasteiger partial charge on any atom is 0.237 e. The lowest BCUT2D eigenvalue weighted by Crippen LogP contribution is -2.23. The number of aryl methyl sites for hydroxylation is 2. The number of para-hydroxylation sites is 1. The molecule has 1 N–H and O–H groups in total. The summed E-state index contributed by atoms with van der Waals surface area (Å²) in [5, 5.41) is 15.3. The van der Waals surface area contributed by atoms with Crippen LogP contribution in [-0.2, 0) is 10.2 Å². The fourth-order valence-electron chi connectivity index (χ4n) is 3.04. The molecule has 1 unspecified atom stereocenters. The van der Waals surface area contributed by atoms with Crippen molar-refractivity contribution in [1.82, 2.24) is 20.2 Å². The molecule has 2 aromatic carbocycles. The van der Waals surface area contributed by atoms with Crippen molar-refractivity contribution in [3.05, 3.63) is 59.2 Å². The lowest BCUT2D eigenvalue weighted by molar-refractivity contribution is -0.115. The zero-order valence-corrected chi connectivity index (χ0v) is 18.5. The van der Waals surface area contributed by atoms with E-state index in [1.807, 2.05) is 51.1 Å². The predicted octanol–water partition coefficient (Wildman–Crippen LogP) is 4.70. The summed E-state index contributed by atoms with van der Waals surface area (Å²) >= 11 is 1.34. The second kappa shape index (κ2) is 8.37. The Bertz CT molecular complexity index is 985. The van der Waals surface area contributed by atoms with Gasteiger partial charge in [-0.2, -0.15) is 4.68 Å². The fourth-order valence-corrected chi connectivity index (χ4v) is 3.84. The number of thioether (sulfide) groups is 1. The van der Waals surface area contributed by atoms with Crippen molar-refractivity contribution >= 4 is 23.4 Å². The lowest BCUT2D eigenvalue weighted by Gasteiger charge is -2.19. The van der Waals surface area contributed by atoms with E-state index in [0.29, 0.717) is 5.16 Å². The van der Waals surface area contributed by atoms with E-state index in [9.17, 15) is 4.79 Å². The molecule has 0 fully saturated rings. The van der Waals surface area contributed by atoms with E-state index < -0.39 is 0 Å². The van der Waals surface area contributed by atoms with Gasteiger partial charge in [-0.05, 0) is 65.4 Å². The van der Waals surface area contributed by atoms with Crippen molar-refractivity contribution in [3.8, 4) is 5.69 Å². The fraction of sp³-hybridized carbons (Fsp3) is 0.364. The highest BCUT2D eigenvalue weighted by atomic mass is 32.2. The zero-order valence-electron chi connectivity index (χ0n) is 17.7. The Morgan fingerprint density at radius 1 is 1.07 bits per heavy atom. The van der Waals surface area contributed by atoms with Crippen LogP contribution in [0.1, 0.15) is 44.4 Å². The van der Waals surface area contributed by atoms with E-state index in [2.05, 4.69) is 53.7 Å². The number of hydrogen-bond donors (Lipinski definition) is 1. The maximum atomic E-state index is 12.7. The highest BCUT2D eigenvalue weighted by molar-refractivity contribution is 8.00. The second-order valence-electron chi connectivity index (χ2n) is 8.19. The molecule has 0 saturated carbocycles. The minimum absolute atomic E-state index is 0.0798. The van der Waals surface area contributed by atoms with Gasteiger partial charge < -0.3 is 5.32 Å². The number of aromatic nitrogens is 4. The van der Waals surface area contributed by atoms with E-state index in [1.165, 1.54) is 17.3 Å². The van der Waals surface area contributed by atoms with E-state index in [4.69, 9.17) is 0 Å². The molecule has 0 aliphatic carbocycles. The van der Waals surface area contributed by atoms with Gasteiger partial charge in [0.1, 0.15) is 0 Å². The molecular formula is C22H27N5OS. The second-order valence-corrected chi connectivity index (χ2v) is 9.50. The summed E-state index contributed by atoms with van der Waals surface area (Å²) < 4.78 is 1.71. The highest BCUT2D eigenvalue weighted by Gasteiger charge is 2.21. The Hall–Kier alpha value is -2.67. The highest BCUT2D eigenvalue weighted by Crippen LogP contribution is 2.27. The van der Waals surface area contributed by atoms with Crippen molar-refractivity contribution in [2.45, 2.75) is 57.4 Å². The quantitative estimate of drug-likeness (QED) is 0.619. The Balaban J connectivity index is 1.72. The summed E-state index contributed by atoms with van der Waals surface area (Å²) in [6, 6.07) is 14.0. The minimum atomic E-state index is -0.355. The smallest absolute Gasteiger partial charge is 0.237 e. The molecule has 0 radical (unpaired) electrons. The van der Waals surface area contributed by atoms with Gasteiger partial charge >= 0.3 is 0 Å². The molecule has 0 bridgehead atoms. The molecule has 152 valence electrons. The number of carbonyl (C=O) groups excluding carboxylic acids is 1. The molecule has 0 aliphatic rings. The van der Waals surface area contributed by atoms with Crippen molar-refractivity contribution in [2.24, 2.45) is 0 Å². The van der Waals surface area contributed by atoms with Gasteiger partial charge in [0.25, 0.3) is 0 Å². The minimum Gasteiger partial charge on any atom is -0.325 e. The maximum absolute atomic E-state index is 12.7. The van der Waals surface area contributed by atoms with E-state index in [0.717, 1.165) is 22.5 Å². The van der Waals surface area contributed by atoms with Gasteiger partial charge in [-0.15, -0.1) is 5.10 Å². The van der Waals surface area contributed by atoms with Crippen LogP contribution < -0.4 is 5.32 Å². The first-order valence-electron chi connectivity index (χ1n) is 9.60. The Morgan fingerprint density at radius 2 is 1.69 bits per heavy atom. The summed E-state index contributed by atoms with van der Waals surface area (Å²) in [7, 11) is 0. The van der Waals surface area contributed by atoms with Crippen LogP contribution in [-0.4, -0.2) is 31.4 Å². The molecule has 3 aromatic rings. The summed E-state index contributed by atoms with van der Waals surface area (Å²) in [6.45, 7) is 12.4.